The predicted octanol–water partition coefficient (Wildman–Crippen LogP) is -0.877. The van der Waals surface area contributed by atoms with Gasteiger partial charge in [0, 0.05) is 19.6 Å². The second-order valence-corrected chi connectivity index (χ2v) is 4.15. The zero-order valence-corrected chi connectivity index (χ0v) is 10.4. The number of hydrogen-bond donors (Lipinski definition) is 1. The average Bonchev–Trinajstić information content (AvgIpc) is 3.08. The Bertz CT molecular complexity index is 531. The van der Waals surface area contributed by atoms with E-state index in [1.807, 2.05) is 4.90 Å². The summed E-state index contributed by atoms with van der Waals surface area (Å²) in [5.41, 5.74) is 6.01. The van der Waals surface area contributed by atoms with E-state index in [9.17, 15) is 0 Å². The van der Waals surface area contributed by atoms with E-state index in [2.05, 4.69) is 20.5 Å². The van der Waals surface area contributed by atoms with Gasteiger partial charge in [-0.15, -0.1) is 5.10 Å². The highest BCUT2D eigenvalue weighted by molar-refractivity contribution is 5.46. The normalized spacial score (nSPS) is 15.9. The Hall–Kier alpha value is -2.00. The second-order valence-electron chi connectivity index (χ2n) is 4.15. The number of rotatable bonds is 4. The van der Waals surface area contributed by atoms with Gasteiger partial charge >= 0.3 is 0 Å². The van der Waals surface area contributed by atoms with Crippen molar-refractivity contribution in [3.05, 3.63) is 6.20 Å². The molecule has 0 saturated carbocycles. The van der Waals surface area contributed by atoms with Gasteiger partial charge in [0.15, 0.2) is 5.69 Å². The molecule has 0 bridgehead atoms. The van der Waals surface area contributed by atoms with Gasteiger partial charge in [-0.25, -0.2) is 0 Å². The first-order chi connectivity index (χ1) is 9.36. The summed E-state index contributed by atoms with van der Waals surface area (Å²) in [5, 5.41) is 11.9. The summed E-state index contributed by atoms with van der Waals surface area (Å²) in [6.07, 6.45) is 1.74. The summed E-state index contributed by atoms with van der Waals surface area (Å²) in [4.78, 5) is 6.34. The summed E-state index contributed by atoms with van der Waals surface area (Å²) in [7, 11) is 0. The molecule has 0 aromatic carbocycles. The van der Waals surface area contributed by atoms with E-state index in [1.165, 1.54) is 0 Å². The van der Waals surface area contributed by atoms with Crippen LogP contribution in [0.25, 0.3) is 11.6 Å². The average molecular weight is 265 g/mol. The summed E-state index contributed by atoms with van der Waals surface area (Å²) < 4.78 is 12.1. The van der Waals surface area contributed by atoms with Crippen LogP contribution in [0.1, 0.15) is 0 Å². The summed E-state index contributed by atoms with van der Waals surface area (Å²) in [5.74, 6) is 0.927. The summed E-state index contributed by atoms with van der Waals surface area (Å²) >= 11 is 0. The lowest BCUT2D eigenvalue weighted by Crippen LogP contribution is -2.36. The molecule has 2 N–H and O–H groups in total. The van der Waals surface area contributed by atoms with Crippen LogP contribution in [-0.2, 0) is 11.3 Å². The fourth-order valence-electron chi connectivity index (χ4n) is 1.85. The minimum Gasteiger partial charge on any atom is -0.378 e. The number of nitrogens with two attached hydrogens (primary N) is 1. The lowest BCUT2D eigenvalue weighted by molar-refractivity contribution is 0.121. The van der Waals surface area contributed by atoms with Crippen molar-refractivity contribution < 1.29 is 9.26 Å². The number of hydrogen-bond acceptors (Lipinski definition) is 8. The quantitative estimate of drug-likeness (QED) is 0.759. The van der Waals surface area contributed by atoms with Crippen LogP contribution < -0.4 is 10.6 Å². The largest absolute Gasteiger partial charge is 0.378 e. The smallest absolute Gasteiger partial charge is 0.281 e. The molecule has 19 heavy (non-hydrogen) atoms. The van der Waals surface area contributed by atoms with E-state index < -0.39 is 0 Å². The van der Waals surface area contributed by atoms with Crippen molar-refractivity contribution in [2.75, 3.05) is 37.7 Å². The Labute approximate surface area is 109 Å². The van der Waals surface area contributed by atoms with Crippen molar-refractivity contribution in [2.24, 2.45) is 5.73 Å². The van der Waals surface area contributed by atoms with E-state index in [0.29, 0.717) is 43.8 Å². The predicted molar refractivity (Wildman–Crippen MR) is 65.4 cm³/mol. The Morgan fingerprint density at radius 1 is 1.32 bits per heavy atom. The maximum atomic E-state index is 5.45. The molecule has 1 saturated heterocycles. The first-order valence-electron chi connectivity index (χ1n) is 6.14. The molecule has 102 valence electrons. The molecule has 1 aliphatic rings. The molecule has 0 unspecified atom stereocenters. The highest BCUT2D eigenvalue weighted by Crippen LogP contribution is 2.18. The molecule has 1 fully saturated rings. The molecule has 0 aliphatic carbocycles. The van der Waals surface area contributed by atoms with E-state index in [1.54, 1.807) is 10.9 Å². The van der Waals surface area contributed by atoms with Crippen LogP contribution in [0.15, 0.2) is 10.7 Å². The topological polar surface area (TPSA) is 108 Å². The maximum Gasteiger partial charge on any atom is 0.281 e. The fourth-order valence-corrected chi connectivity index (χ4v) is 1.85. The number of nitrogens with zero attached hydrogens (tertiary/aromatic N) is 6. The minimum absolute atomic E-state index is 0.366. The van der Waals surface area contributed by atoms with Gasteiger partial charge in [0.2, 0.25) is 0 Å². The SMILES string of the molecule is NCCn1cc(-c2nc(N3CCOCC3)no2)nn1. The summed E-state index contributed by atoms with van der Waals surface area (Å²) in [6, 6.07) is 0. The van der Waals surface area contributed by atoms with E-state index in [4.69, 9.17) is 15.0 Å². The van der Waals surface area contributed by atoms with Gasteiger partial charge in [-0.2, -0.15) is 4.98 Å². The molecule has 1 aliphatic heterocycles. The van der Waals surface area contributed by atoms with Crippen molar-refractivity contribution in [1.82, 2.24) is 25.1 Å². The number of anilines is 1. The van der Waals surface area contributed by atoms with Crippen LogP contribution in [0.4, 0.5) is 5.95 Å². The molecule has 2 aromatic heterocycles. The molecule has 9 heteroatoms. The molecule has 3 rings (SSSR count). The lowest BCUT2D eigenvalue weighted by Gasteiger charge is -2.24. The first-order valence-corrected chi connectivity index (χ1v) is 6.14. The van der Waals surface area contributed by atoms with Crippen molar-refractivity contribution in [2.45, 2.75) is 6.54 Å². The monoisotopic (exact) mass is 265 g/mol. The van der Waals surface area contributed by atoms with Crippen LogP contribution >= 0.6 is 0 Å². The fraction of sp³-hybridized carbons (Fsp3) is 0.600. The van der Waals surface area contributed by atoms with Gasteiger partial charge in [0.05, 0.1) is 26.0 Å². The van der Waals surface area contributed by atoms with Crippen LogP contribution in [0.3, 0.4) is 0 Å². The molecule has 0 amide bonds. The zero-order chi connectivity index (χ0) is 13.1. The third kappa shape index (κ3) is 2.56. The lowest BCUT2D eigenvalue weighted by atomic mass is 10.4. The Balaban J connectivity index is 1.75. The van der Waals surface area contributed by atoms with E-state index >= 15 is 0 Å². The Kier molecular flexibility index (Phi) is 3.38. The number of aromatic nitrogens is 5. The van der Waals surface area contributed by atoms with Crippen LogP contribution in [0, 0.1) is 0 Å². The Morgan fingerprint density at radius 2 is 2.16 bits per heavy atom. The van der Waals surface area contributed by atoms with Gasteiger partial charge in [-0.05, 0) is 5.16 Å². The van der Waals surface area contributed by atoms with Crippen LogP contribution in [0.2, 0.25) is 0 Å². The van der Waals surface area contributed by atoms with Gasteiger partial charge in [0.25, 0.3) is 11.8 Å². The Morgan fingerprint density at radius 3 is 2.95 bits per heavy atom. The van der Waals surface area contributed by atoms with E-state index in [-0.39, 0.29) is 0 Å². The van der Waals surface area contributed by atoms with Gasteiger partial charge in [0.1, 0.15) is 0 Å². The molecular formula is C10H15N7O2. The van der Waals surface area contributed by atoms with Crippen molar-refractivity contribution in [1.29, 1.82) is 0 Å². The van der Waals surface area contributed by atoms with Crippen LogP contribution in [0.5, 0.6) is 0 Å². The van der Waals surface area contributed by atoms with E-state index in [0.717, 1.165) is 13.1 Å². The second kappa shape index (κ2) is 5.33. The molecular weight excluding hydrogens is 250 g/mol. The maximum absolute atomic E-state index is 5.45. The molecule has 3 heterocycles. The first kappa shape index (κ1) is 12.1. The molecule has 9 nitrogen and oxygen atoms in total. The highest BCUT2D eigenvalue weighted by Gasteiger charge is 2.19. The van der Waals surface area contributed by atoms with Crippen LogP contribution in [-0.4, -0.2) is 58.0 Å². The van der Waals surface area contributed by atoms with Crippen molar-refractivity contribution in [3.63, 3.8) is 0 Å². The highest BCUT2D eigenvalue weighted by atomic mass is 16.5. The van der Waals surface area contributed by atoms with Crippen molar-refractivity contribution in [3.8, 4) is 11.6 Å². The molecule has 0 radical (unpaired) electrons. The molecule has 2 aromatic rings. The standard InChI is InChI=1S/C10H15N7O2/c11-1-2-17-7-8(13-15-17)9-12-10(14-19-9)16-3-5-18-6-4-16/h7H,1-6,11H2. The molecule has 0 atom stereocenters. The third-order valence-corrected chi connectivity index (χ3v) is 2.83. The number of ether oxygens (including phenoxy) is 1. The molecule has 0 spiro atoms. The van der Waals surface area contributed by atoms with Gasteiger partial charge < -0.3 is 19.9 Å². The number of morpholine rings is 1. The van der Waals surface area contributed by atoms with Gasteiger partial charge in [-0.3, -0.25) is 4.68 Å². The minimum atomic E-state index is 0.366. The zero-order valence-electron chi connectivity index (χ0n) is 10.4. The third-order valence-electron chi connectivity index (χ3n) is 2.83. The van der Waals surface area contributed by atoms with Gasteiger partial charge in [-0.1, -0.05) is 5.21 Å². The van der Waals surface area contributed by atoms with Crippen molar-refractivity contribution >= 4 is 5.95 Å². The summed E-state index contributed by atoms with van der Waals surface area (Å²) in [6.45, 7) is 3.99.